The highest BCUT2D eigenvalue weighted by Crippen LogP contribution is 2.28. The molecule has 0 saturated carbocycles. The van der Waals surface area contributed by atoms with Crippen molar-refractivity contribution in [1.82, 2.24) is 4.90 Å². The van der Waals surface area contributed by atoms with Crippen LogP contribution in [0.15, 0.2) is 42.5 Å². The van der Waals surface area contributed by atoms with Crippen molar-refractivity contribution >= 4 is 11.7 Å². The lowest BCUT2D eigenvalue weighted by Gasteiger charge is -2.14. The van der Waals surface area contributed by atoms with Gasteiger partial charge in [-0.25, -0.2) is 0 Å². The number of hydrogen-bond donors (Lipinski definition) is 2. The predicted molar refractivity (Wildman–Crippen MR) is 113 cm³/mol. The second-order valence-electron chi connectivity index (χ2n) is 6.76. The van der Waals surface area contributed by atoms with Crippen LogP contribution in [-0.4, -0.2) is 51.1 Å². The number of rotatable bonds is 11. The van der Waals surface area contributed by atoms with Crippen molar-refractivity contribution in [3.8, 4) is 17.2 Å². The highest BCUT2D eigenvalue weighted by molar-refractivity contribution is 5.95. The number of carbonyl (C=O) groups is 1. The molecule has 0 heterocycles. The quantitative estimate of drug-likeness (QED) is 0.343. The van der Waals surface area contributed by atoms with Gasteiger partial charge in [0.05, 0.1) is 20.3 Å². The lowest BCUT2D eigenvalue weighted by Crippen LogP contribution is -2.21. The monoisotopic (exact) mass is 399 g/mol. The van der Waals surface area contributed by atoms with Gasteiger partial charge in [-0.1, -0.05) is 0 Å². The highest BCUT2D eigenvalue weighted by Gasteiger charge is 2.12. The Bertz CT molecular complexity index is 819. The van der Waals surface area contributed by atoms with Gasteiger partial charge in [-0.05, 0) is 61.7 Å². The Labute approximate surface area is 171 Å². The number of nitrogen functional groups attached to an aromatic ring is 1. The zero-order chi connectivity index (χ0) is 21.2. The summed E-state index contributed by atoms with van der Waals surface area (Å²) in [5, 5.41) is 7.37. The van der Waals surface area contributed by atoms with Crippen molar-refractivity contribution in [2.24, 2.45) is 5.73 Å². The van der Waals surface area contributed by atoms with Crippen molar-refractivity contribution < 1.29 is 19.0 Å². The molecule has 0 aliphatic heterocycles. The first-order valence-corrected chi connectivity index (χ1v) is 9.52. The van der Waals surface area contributed by atoms with Crippen LogP contribution in [0.5, 0.6) is 17.2 Å². The molecule has 1 amide bonds. The lowest BCUT2D eigenvalue weighted by molar-refractivity contribution is 0.0827. The number of nitrogens with one attached hydrogen (secondary N) is 1. The normalized spacial score (nSPS) is 10.3. The molecule has 0 aliphatic carbocycles. The smallest absolute Gasteiger partial charge is 0.253 e. The summed E-state index contributed by atoms with van der Waals surface area (Å²) in [4.78, 5) is 13.6. The molecule has 7 heteroatoms. The van der Waals surface area contributed by atoms with Crippen LogP contribution in [0.1, 0.15) is 35.2 Å². The van der Waals surface area contributed by atoms with Crippen LogP contribution in [0.3, 0.4) is 0 Å². The van der Waals surface area contributed by atoms with E-state index in [1.807, 2.05) is 12.1 Å². The van der Waals surface area contributed by atoms with E-state index in [2.05, 4.69) is 0 Å². The van der Waals surface area contributed by atoms with E-state index >= 15 is 0 Å². The maximum Gasteiger partial charge on any atom is 0.253 e. The van der Waals surface area contributed by atoms with Gasteiger partial charge in [0.1, 0.15) is 11.6 Å². The molecule has 2 aromatic carbocycles. The Kier molecular flexibility index (Phi) is 8.33. The van der Waals surface area contributed by atoms with Gasteiger partial charge in [0.25, 0.3) is 5.91 Å². The first kappa shape index (κ1) is 22.1. The number of amides is 1. The maximum atomic E-state index is 12.0. The maximum absolute atomic E-state index is 12.0. The summed E-state index contributed by atoms with van der Waals surface area (Å²) in [6.07, 6.45) is 2.75. The highest BCUT2D eigenvalue weighted by atomic mass is 16.5. The molecule has 3 N–H and O–H groups in total. The molecule has 0 bridgehead atoms. The number of ether oxygens (including phenoxy) is 3. The minimum Gasteiger partial charge on any atom is -0.494 e. The molecule has 0 aromatic heterocycles. The Balaban J connectivity index is 1.69. The predicted octanol–water partition coefficient (Wildman–Crippen LogP) is 3.31. The fourth-order valence-corrected chi connectivity index (χ4v) is 2.66. The van der Waals surface area contributed by atoms with E-state index < -0.39 is 0 Å². The average Bonchev–Trinajstić information content (AvgIpc) is 2.72. The minimum absolute atomic E-state index is 0.0483. The van der Waals surface area contributed by atoms with Crippen LogP contribution in [0.4, 0.5) is 0 Å². The Morgan fingerprint density at radius 3 is 2.14 bits per heavy atom. The Morgan fingerprint density at radius 1 is 0.931 bits per heavy atom. The Morgan fingerprint density at radius 2 is 1.55 bits per heavy atom. The van der Waals surface area contributed by atoms with Crippen LogP contribution in [-0.2, 0) is 0 Å². The van der Waals surface area contributed by atoms with Crippen LogP contribution in [0.25, 0.3) is 0 Å². The van der Waals surface area contributed by atoms with E-state index in [-0.39, 0.29) is 11.7 Å². The van der Waals surface area contributed by atoms with Gasteiger partial charge in [0.2, 0.25) is 0 Å². The third-order valence-electron chi connectivity index (χ3n) is 4.30. The van der Waals surface area contributed by atoms with E-state index in [1.54, 1.807) is 51.5 Å². The van der Waals surface area contributed by atoms with Crippen molar-refractivity contribution in [3.63, 3.8) is 0 Å². The summed E-state index contributed by atoms with van der Waals surface area (Å²) in [5.41, 5.74) is 6.68. The van der Waals surface area contributed by atoms with Crippen molar-refractivity contribution in [2.75, 3.05) is 34.4 Å². The summed E-state index contributed by atoms with van der Waals surface area (Å²) >= 11 is 0. The van der Waals surface area contributed by atoms with Gasteiger partial charge in [0.15, 0.2) is 11.5 Å². The second-order valence-corrected chi connectivity index (χ2v) is 6.76. The number of carbonyl (C=O) groups excluding carboxylic acids is 1. The molecule has 0 unspecified atom stereocenters. The van der Waals surface area contributed by atoms with Gasteiger partial charge in [-0.3, -0.25) is 10.2 Å². The van der Waals surface area contributed by atoms with Gasteiger partial charge in [0, 0.05) is 25.2 Å². The SMILES string of the molecule is COc1cc(C(=O)N(C)C)ccc1OCCCCCOc1ccc(C(=N)N)cc1. The van der Waals surface area contributed by atoms with E-state index in [1.165, 1.54) is 4.90 Å². The molecule has 2 aromatic rings. The summed E-state index contributed by atoms with van der Waals surface area (Å²) in [5.74, 6) is 1.92. The number of unbranched alkanes of at least 4 members (excludes halogenated alkanes) is 2. The molecule has 29 heavy (non-hydrogen) atoms. The zero-order valence-electron chi connectivity index (χ0n) is 17.2. The molecule has 0 aliphatic rings. The summed E-state index contributed by atoms with van der Waals surface area (Å²) < 4.78 is 16.8. The fraction of sp³-hybridized carbons (Fsp3) is 0.364. The average molecular weight is 399 g/mol. The lowest BCUT2D eigenvalue weighted by atomic mass is 10.2. The van der Waals surface area contributed by atoms with Crippen LogP contribution < -0.4 is 19.9 Å². The standard InChI is InChI=1S/C22H29N3O4/c1-25(2)22(26)17-9-12-19(20(15-17)27-3)29-14-6-4-5-13-28-18-10-7-16(8-11-18)21(23)24/h7-12,15H,4-6,13-14H2,1-3H3,(H3,23,24). The summed E-state index contributed by atoms with van der Waals surface area (Å²) in [6.45, 7) is 1.18. The molecule has 0 spiro atoms. The van der Waals surface area contributed by atoms with E-state index in [0.29, 0.717) is 35.8 Å². The van der Waals surface area contributed by atoms with E-state index in [9.17, 15) is 4.79 Å². The number of benzene rings is 2. The number of nitrogens with zero attached hydrogens (tertiary/aromatic N) is 1. The van der Waals surface area contributed by atoms with Crippen LogP contribution >= 0.6 is 0 Å². The van der Waals surface area contributed by atoms with Crippen molar-refractivity contribution in [1.29, 1.82) is 5.41 Å². The second kappa shape index (κ2) is 10.9. The van der Waals surface area contributed by atoms with Gasteiger partial charge in [-0.15, -0.1) is 0 Å². The first-order chi connectivity index (χ1) is 13.9. The first-order valence-electron chi connectivity index (χ1n) is 9.52. The minimum atomic E-state index is -0.0780. The molecule has 2 rings (SSSR count). The number of methoxy groups -OCH3 is 1. The molecule has 0 radical (unpaired) electrons. The van der Waals surface area contributed by atoms with Crippen molar-refractivity contribution in [2.45, 2.75) is 19.3 Å². The Hall–Kier alpha value is -3.22. The topological polar surface area (TPSA) is 97.9 Å². The third kappa shape index (κ3) is 6.71. The number of amidine groups is 1. The molecular weight excluding hydrogens is 370 g/mol. The largest absolute Gasteiger partial charge is 0.494 e. The van der Waals surface area contributed by atoms with Gasteiger partial charge >= 0.3 is 0 Å². The summed E-state index contributed by atoms with van der Waals surface area (Å²) in [7, 11) is 4.99. The molecule has 0 saturated heterocycles. The number of hydrogen-bond acceptors (Lipinski definition) is 5. The van der Waals surface area contributed by atoms with E-state index in [4.69, 9.17) is 25.4 Å². The van der Waals surface area contributed by atoms with Crippen molar-refractivity contribution in [3.05, 3.63) is 53.6 Å². The van der Waals surface area contributed by atoms with Crippen LogP contribution in [0.2, 0.25) is 0 Å². The molecule has 156 valence electrons. The molecular formula is C22H29N3O4. The van der Waals surface area contributed by atoms with Gasteiger partial charge in [-0.2, -0.15) is 0 Å². The fourth-order valence-electron chi connectivity index (χ4n) is 2.66. The zero-order valence-corrected chi connectivity index (χ0v) is 17.2. The molecule has 7 nitrogen and oxygen atoms in total. The van der Waals surface area contributed by atoms with Gasteiger partial charge < -0.3 is 24.8 Å². The molecule has 0 atom stereocenters. The molecule has 0 fully saturated rings. The summed E-state index contributed by atoms with van der Waals surface area (Å²) in [6, 6.07) is 12.4. The number of nitrogens with two attached hydrogens (primary N) is 1. The third-order valence-corrected chi connectivity index (χ3v) is 4.30. The van der Waals surface area contributed by atoms with Crippen LogP contribution in [0, 0.1) is 5.41 Å². The van der Waals surface area contributed by atoms with E-state index in [0.717, 1.165) is 25.0 Å².